The van der Waals surface area contributed by atoms with Gasteiger partial charge in [0, 0.05) is 24.3 Å². The minimum Gasteiger partial charge on any atom is -0.503 e. The third-order valence-corrected chi connectivity index (χ3v) is 5.77. The summed E-state index contributed by atoms with van der Waals surface area (Å²) >= 11 is 0. The van der Waals surface area contributed by atoms with Crippen molar-refractivity contribution in [3.05, 3.63) is 107 Å². The summed E-state index contributed by atoms with van der Waals surface area (Å²) in [5, 5.41) is 11.5. The molecule has 0 aliphatic carbocycles. The van der Waals surface area contributed by atoms with E-state index in [1.54, 1.807) is 54.7 Å². The number of carbonyl (C=O) groups is 2. The highest BCUT2D eigenvalue weighted by molar-refractivity contribution is 6.16. The Kier molecular flexibility index (Phi) is 5.33. The van der Waals surface area contributed by atoms with Gasteiger partial charge in [0.2, 0.25) is 5.78 Å². The molecule has 2 aromatic heterocycles. The van der Waals surface area contributed by atoms with Crippen molar-refractivity contribution in [2.75, 3.05) is 7.11 Å². The van der Waals surface area contributed by atoms with Crippen LogP contribution in [0.5, 0.6) is 5.75 Å². The van der Waals surface area contributed by atoms with E-state index in [9.17, 15) is 19.1 Å². The van der Waals surface area contributed by atoms with E-state index in [4.69, 9.17) is 9.15 Å². The minimum absolute atomic E-state index is 0.0358. The second-order valence-corrected chi connectivity index (χ2v) is 7.83. The maximum Gasteiger partial charge on any atom is 0.290 e. The van der Waals surface area contributed by atoms with Crippen LogP contribution in [-0.2, 0) is 11.3 Å². The number of hydrogen-bond acceptors (Lipinski definition) is 6. The van der Waals surface area contributed by atoms with Gasteiger partial charge < -0.3 is 19.2 Å². The number of furan rings is 1. The number of amides is 1. The van der Waals surface area contributed by atoms with E-state index in [-0.39, 0.29) is 17.9 Å². The van der Waals surface area contributed by atoms with E-state index >= 15 is 0 Å². The smallest absolute Gasteiger partial charge is 0.290 e. The van der Waals surface area contributed by atoms with Crippen LogP contribution in [0.2, 0.25) is 0 Å². The number of ketones is 1. The van der Waals surface area contributed by atoms with Gasteiger partial charge >= 0.3 is 0 Å². The number of aromatic nitrogens is 1. The number of methoxy groups -OCH3 is 1. The molecule has 0 saturated heterocycles. The summed E-state index contributed by atoms with van der Waals surface area (Å²) < 4.78 is 24.5. The highest BCUT2D eigenvalue weighted by atomic mass is 19.1. The van der Waals surface area contributed by atoms with Crippen molar-refractivity contribution < 1.29 is 28.2 Å². The summed E-state index contributed by atoms with van der Waals surface area (Å²) in [6.07, 6.45) is 3.10. The van der Waals surface area contributed by atoms with Crippen molar-refractivity contribution in [1.82, 2.24) is 9.88 Å². The van der Waals surface area contributed by atoms with Gasteiger partial charge in [-0.3, -0.25) is 14.6 Å². The molecular formula is C26H19FN2O5. The van der Waals surface area contributed by atoms with Gasteiger partial charge in [-0.05, 0) is 41.5 Å². The lowest BCUT2D eigenvalue weighted by Crippen LogP contribution is -2.30. The lowest BCUT2D eigenvalue weighted by Gasteiger charge is -2.26. The van der Waals surface area contributed by atoms with E-state index in [1.165, 1.54) is 30.3 Å². The zero-order valence-electron chi connectivity index (χ0n) is 18.1. The SMILES string of the molecule is COc1cccc2cc(C(=O)C3=C(O)C(=O)N(Cc4ccc(F)cc4)C3c3cccnc3)oc12. The molecule has 1 atom stereocenters. The van der Waals surface area contributed by atoms with Gasteiger partial charge in [0.15, 0.2) is 22.9 Å². The first-order valence-corrected chi connectivity index (χ1v) is 10.5. The number of fused-ring (bicyclic) bond motifs is 1. The molecule has 3 heterocycles. The van der Waals surface area contributed by atoms with Crippen LogP contribution >= 0.6 is 0 Å². The van der Waals surface area contributed by atoms with E-state index in [1.807, 2.05) is 0 Å². The zero-order chi connectivity index (χ0) is 23.8. The van der Waals surface area contributed by atoms with Crippen molar-refractivity contribution in [2.45, 2.75) is 12.6 Å². The molecule has 1 aliphatic rings. The standard InChI is InChI=1S/C26H19FN2O5/c1-33-19-6-2-4-16-12-20(34-25(16)19)23(30)21-22(17-5-3-11-28-13-17)29(26(32)24(21)31)14-15-7-9-18(27)10-8-15/h2-13,22,31H,14H2,1H3. The van der Waals surface area contributed by atoms with Gasteiger partial charge in [-0.25, -0.2) is 4.39 Å². The van der Waals surface area contributed by atoms with E-state index in [0.717, 1.165) is 0 Å². The summed E-state index contributed by atoms with van der Waals surface area (Å²) in [6.45, 7) is 0.0491. The molecule has 1 N–H and O–H groups in total. The fourth-order valence-electron chi connectivity index (χ4n) is 4.16. The largest absolute Gasteiger partial charge is 0.503 e. The molecule has 5 rings (SSSR count). The Morgan fingerprint density at radius 2 is 1.97 bits per heavy atom. The quantitative estimate of drug-likeness (QED) is 0.419. The molecule has 0 radical (unpaired) electrons. The van der Waals surface area contributed by atoms with Crippen molar-refractivity contribution >= 4 is 22.7 Å². The van der Waals surface area contributed by atoms with Gasteiger partial charge in [0.05, 0.1) is 18.7 Å². The summed E-state index contributed by atoms with van der Waals surface area (Å²) in [7, 11) is 1.49. The number of hydrogen-bond donors (Lipinski definition) is 1. The van der Waals surface area contributed by atoms with Gasteiger partial charge in [0.1, 0.15) is 5.82 Å². The summed E-state index contributed by atoms with van der Waals surface area (Å²) in [5.74, 6) is -1.98. The predicted octanol–water partition coefficient (Wildman–Crippen LogP) is 4.75. The average molecular weight is 458 g/mol. The second kappa shape index (κ2) is 8.47. The first kappa shape index (κ1) is 21.4. The minimum atomic E-state index is -0.908. The predicted molar refractivity (Wildman–Crippen MR) is 121 cm³/mol. The number of benzene rings is 2. The van der Waals surface area contributed by atoms with Crippen LogP contribution in [0.25, 0.3) is 11.0 Å². The zero-order valence-corrected chi connectivity index (χ0v) is 18.1. The highest BCUT2D eigenvalue weighted by Gasteiger charge is 2.44. The average Bonchev–Trinajstić information content (AvgIpc) is 3.40. The number of ether oxygens (including phenoxy) is 1. The molecular weight excluding hydrogens is 439 g/mol. The monoisotopic (exact) mass is 458 g/mol. The van der Waals surface area contributed by atoms with Crippen LogP contribution in [0.4, 0.5) is 4.39 Å². The number of aliphatic hydroxyl groups excluding tert-OH is 1. The van der Waals surface area contributed by atoms with Crippen molar-refractivity contribution in [3.8, 4) is 5.75 Å². The summed E-state index contributed by atoms with van der Waals surface area (Å²) in [6, 6.07) is 15.0. The Bertz CT molecular complexity index is 1430. The van der Waals surface area contributed by atoms with Crippen molar-refractivity contribution in [3.63, 3.8) is 0 Å². The molecule has 1 amide bonds. The molecule has 2 aromatic carbocycles. The molecule has 0 spiro atoms. The van der Waals surface area contributed by atoms with Crippen LogP contribution in [-0.4, -0.2) is 33.8 Å². The van der Waals surface area contributed by atoms with E-state index in [0.29, 0.717) is 27.8 Å². The normalized spacial score (nSPS) is 15.9. The first-order chi connectivity index (χ1) is 16.5. The topological polar surface area (TPSA) is 92.9 Å². The summed E-state index contributed by atoms with van der Waals surface area (Å²) in [5.41, 5.74) is 1.45. The van der Waals surface area contributed by atoms with Crippen LogP contribution in [0.3, 0.4) is 0 Å². The molecule has 0 bridgehead atoms. The third-order valence-electron chi connectivity index (χ3n) is 5.77. The fourth-order valence-corrected chi connectivity index (χ4v) is 4.16. The van der Waals surface area contributed by atoms with Gasteiger partial charge in [-0.15, -0.1) is 0 Å². The number of Topliss-reactive ketones (excluding diaryl/α,β-unsaturated/α-hetero) is 1. The molecule has 0 saturated carbocycles. The number of para-hydroxylation sites is 1. The number of carbonyl (C=O) groups excluding carboxylic acids is 2. The Hall–Kier alpha value is -4.46. The molecule has 34 heavy (non-hydrogen) atoms. The maximum atomic E-state index is 13.6. The lowest BCUT2D eigenvalue weighted by atomic mass is 9.96. The van der Waals surface area contributed by atoms with Crippen LogP contribution < -0.4 is 4.74 Å². The van der Waals surface area contributed by atoms with Crippen molar-refractivity contribution in [1.29, 1.82) is 0 Å². The van der Waals surface area contributed by atoms with Crippen LogP contribution in [0, 0.1) is 5.82 Å². The molecule has 0 fully saturated rings. The molecule has 170 valence electrons. The Balaban J connectivity index is 1.59. The molecule has 8 heteroatoms. The first-order valence-electron chi connectivity index (χ1n) is 10.5. The van der Waals surface area contributed by atoms with Gasteiger partial charge in [-0.1, -0.05) is 30.3 Å². The van der Waals surface area contributed by atoms with Crippen LogP contribution in [0.1, 0.15) is 27.7 Å². The fraction of sp³-hybridized carbons (Fsp3) is 0.115. The lowest BCUT2D eigenvalue weighted by molar-refractivity contribution is -0.130. The third kappa shape index (κ3) is 3.59. The number of nitrogens with zero attached hydrogens (tertiary/aromatic N) is 2. The Morgan fingerprint density at radius 3 is 2.68 bits per heavy atom. The van der Waals surface area contributed by atoms with Gasteiger partial charge in [-0.2, -0.15) is 0 Å². The Labute approximate surface area is 193 Å². The highest BCUT2D eigenvalue weighted by Crippen LogP contribution is 2.40. The maximum absolute atomic E-state index is 13.6. The molecule has 1 aliphatic heterocycles. The molecule has 1 unspecified atom stereocenters. The second-order valence-electron chi connectivity index (χ2n) is 7.83. The summed E-state index contributed by atoms with van der Waals surface area (Å²) in [4.78, 5) is 32.2. The number of halogens is 1. The van der Waals surface area contributed by atoms with Gasteiger partial charge in [0.25, 0.3) is 5.91 Å². The number of pyridine rings is 1. The Morgan fingerprint density at radius 1 is 1.18 bits per heavy atom. The number of rotatable bonds is 6. The van der Waals surface area contributed by atoms with E-state index in [2.05, 4.69) is 4.98 Å². The van der Waals surface area contributed by atoms with E-state index < -0.39 is 29.3 Å². The molecule has 4 aromatic rings. The number of aliphatic hydroxyl groups is 1. The molecule has 7 nitrogen and oxygen atoms in total. The van der Waals surface area contributed by atoms with Crippen molar-refractivity contribution in [2.24, 2.45) is 0 Å². The van der Waals surface area contributed by atoms with Crippen LogP contribution in [0.15, 0.2) is 88.8 Å².